The van der Waals surface area contributed by atoms with Crippen LogP contribution in [-0.4, -0.2) is 82.9 Å². The Hall–Kier alpha value is -2.67. The van der Waals surface area contributed by atoms with Crippen molar-refractivity contribution in [1.29, 1.82) is 0 Å². The van der Waals surface area contributed by atoms with E-state index >= 15 is 0 Å². The van der Waals surface area contributed by atoms with Gasteiger partial charge in [0, 0.05) is 19.5 Å². The van der Waals surface area contributed by atoms with Gasteiger partial charge in [0.05, 0.1) is 34.5 Å². The summed E-state index contributed by atoms with van der Waals surface area (Å²) in [6, 6.07) is 6.21. The van der Waals surface area contributed by atoms with E-state index in [0.29, 0.717) is 25.2 Å². The van der Waals surface area contributed by atoms with Gasteiger partial charge in [0.25, 0.3) is 5.91 Å². The Kier molecular flexibility index (Phi) is 6.26. The van der Waals surface area contributed by atoms with Crippen molar-refractivity contribution in [2.75, 3.05) is 19.3 Å². The molecule has 3 aliphatic heterocycles. The van der Waals surface area contributed by atoms with Gasteiger partial charge >= 0.3 is 0 Å². The summed E-state index contributed by atoms with van der Waals surface area (Å²) in [6.07, 6.45) is 1.55. The lowest BCUT2D eigenvalue weighted by molar-refractivity contribution is -0.134. The number of carbonyl (C=O) groups excluding carboxylic acids is 2. The first-order valence-electron chi connectivity index (χ1n) is 11.9. The van der Waals surface area contributed by atoms with Crippen molar-refractivity contribution in [2.24, 2.45) is 4.99 Å². The predicted molar refractivity (Wildman–Crippen MR) is 136 cm³/mol. The van der Waals surface area contributed by atoms with E-state index in [9.17, 15) is 23.1 Å². The quantitative estimate of drug-likeness (QED) is 0.593. The summed E-state index contributed by atoms with van der Waals surface area (Å²) < 4.78 is 25.6. The number of rotatable bonds is 5. The fourth-order valence-corrected chi connectivity index (χ4v) is 7.27. The zero-order chi connectivity index (χ0) is 25.8. The van der Waals surface area contributed by atoms with Crippen molar-refractivity contribution in [3.05, 3.63) is 41.0 Å². The van der Waals surface area contributed by atoms with E-state index in [1.54, 1.807) is 23.8 Å². The van der Waals surface area contributed by atoms with Crippen LogP contribution in [0.3, 0.4) is 0 Å². The van der Waals surface area contributed by atoms with Crippen LogP contribution < -0.4 is 5.32 Å². The number of aliphatic hydroxyl groups excluding tert-OH is 1. The van der Waals surface area contributed by atoms with E-state index in [1.165, 1.54) is 9.21 Å². The average molecular weight is 532 g/mol. The Morgan fingerprint density at radius 1 is 1.28 bits per heavy atom. The molecule has 0 saturated carbocycles. The Bertz CT molecular complexity index is 1340. The van der Waals surface area contributed by atoms with Crippen molar-refractivity contribution in [2.45, 2.75) is 56.8 Å². The maximum Gasteiger partial charge on any atom is 0.277 e. The largest absolute Gasteiger partial charge is 0.391 e. The molecule has 0 unspecified atom stereocenters. The summed E-state index contributed by atoms with van der Waals surface area (Å²) in [7, 11) is -3.54. The van der Waals surface area contributed by atoms with Gasteiger partial charge in [0.2, 0.25) is 15.9 Å². The fraction of sp³-hybridized carbons (Fsp3) is 0.500. The molecular weight excluding hydrogens is 502 g/mol. The highest BCUT2D eigenvalue weighted by Gasteiger charge is 2.49. The Morgan fingerprint density at radius 3 is 2.64 bits per heavy atom. The standard InChI is InChI=1S/C24H29N5O5S2/c1-14-20(35-13-25-14)15-6-8-16(9-7-15)24(2)23(32)26-21(27-24)19-11-17(30)12-28(19)22(31)18-5-4-10-29(18)36(3,33)34/h6-9,13,17-19,30H,4-5,10-12H2,1-3H3,(H,26,27,32)/t17-,18+,19-,24+/m1/s1. The molecule has 4 heterocycles. The molecule has 2 fully saturated rings. The number of β-amino-alcohol motifs (C(OH)–C–C–N with tert-alkyl or cyclic N) is 1. The van der Waals surface area contributed by atoms with Crippen LogP contribution in [0.5, 0.6) is 0 Å². The third-order valence-corrected chi connectivity index (χ3v) is 9.56. The summed E-state index contributed by atoms with van der Waals surface area (Å²) in [5.41, 5.74) is 3.36. The molecule has 3 aliphatic rings. The number of sulfonamides is 1. The number of aliphatic hydroxyl groups is 1. The van der Waals surface area contributed by atoms with E-state index in [4.69, 9.17) is 0 Å². The normalized spacial score (nSPS) is 29.0. The van der Waals surface area contributed by atoms with Gasteiger partial charge < -0.3 is 15.3 Å². The number of nitrogens with one attached hydrogen (secondary N) is 1. The van der Waals surface area contributed by atoms with E-state index in [2.05, 4.69) is 15.3 Å². The molecule has 36 heavy (non-hydrogen) atoms. The number of carbonyl (C=O) groups is 2. The predicted octanol–water partition coefficient (Wildman–Crippen LogP) is 1.25. The lowest BCUT2D eigenvalue weighted by Gasteiger charge is -2.31. The highest BCUT2D eigenvalue weighted by atomic mass is 32.2. The summed E-state index contributed by atoms with van der Waals surface area (Å²) in [5.74, 6) is -0.431. The van der Waals surface area contributed by atoms with Gasteiger partial charge in [-0.25, -0.2) is 13.4 Å². The number of likely N-dealkylation sites (tertiary alicyclic amines) is 1. The van der Waals surface area contributed by atoms with Gasteiger partial charge in [-0.3, -0.25) is 9.59 Å². The van der Waals surface area contributed by atoms with Crippen molar-refractivity contribution in [1.82, 2.24) is 19.5 Å². The number of hydrogen-bond acceptors (Lipinski definition) is 8. The number of hydrogen-bond donors (Lipinski definition) is 2. The molecular formula is C24H29N5O5S2. The van der Waals surface area contributed by atoms with E-state index < -0.39 is 33.7 Å². The lowest BCUT2D eigenvalue weighted by atomic mass is 9.91. The molecule has 1 aromatic heterocycles. The first-order valence-corrected chi connectivity index (χ1v) is 14.6. The van der Waals surface area contributed by atoms with E-state index in [1.807, 2.05) is 31.2 Å². The van der Waals surface area contributed by atoms with Gasteiger partial charge in [-0.05, 0) is 37.8 Å². The van der Waals surface area contributed by atoms with Gasteiger partial charge in [-0.15, -0.1) is 11.3 Å². The van der Waals surface area contributed by atoms with Gasteiger partial charge in [0.15, 0.2) is 0 Å². The van der Waals surface area contributed by atoms with E-state index in [0.717, 1.165) is 28.0 Å². The van der Waals surface area contributed by atoms with Crippen LogP contribution in [0.25, 0.3) is 10.4 Å². The minimum atomic E-state index is -3.54. The molecule has 5 rings (SSSR count). The molecule has 2 amide bonds. The number of amides is 2. The van der Waals surface area contributed by atoms with Gasteiger partial charge in [0.1, 0.15) is 17.4 Å². The number of benzene rings is 1. The zero-order valence-corrected chi connectivity index (χ0v) is 22.0. The van der Waals surface area contributed by atoms with Crippen molar-refractivity contribution < 1.29 is 23.1 Å². The topological polar surface area (TPSA) is 132 Å². The minimum absolute atomic E-state index is 0.0616. The summed E-state index contributed by atoms with van der Waals surface area (Å²) in [6.45, 7) is 4.06. The molecule has 10 nitrogen and oxygen atoms in total. The number of aryl methyl sites for hydroxylation is 1. The maximum atomic E-state index is 13.4. The molecule has 2 aromatic rings. The van der Waals surface area contributed by atoms with Gasteiger partial charge in [-0.1, -0.05) is 24.3 Å². The monoisotopic (exact) mass is 531 g/mol. The first-order chi connectivity index (χ1) is 17.0. The SMILES string of the molecule is Cc1ncsc1-c1ccc([C@]2(C)NC([C@H]3C[C@@H](O)CN3C(=O)[C@@H]3CCCN3S(C)(=O)=O)=NC2=O)cc1. The van der Waals surface area contributed by atoms with Crippen molar-refractivity contribution in [3.63, 3.8) is 0 Å². The van der Waals surface area contributed by atoms with Crippen molar-refractivity contribution in [3.8, 4) is 10.4 Å². The Morgan fingerprint density at radius 2 is 2.00 bits per heavy atom. The molecule has 2 saturated heterocycles. The number of aliphatic imine (C=N–C) groups is 1. The second-order valence-corrected chi connectivity index (χ2v) is 12.6. The molecule has 2 N–H and O–H groups in total. The first kappa shape index (κ1) is 25.0. The van der Waals surface area contributed by atoms with E-state index in [-0.39, 0.29) is 24.8 Å². The highest BCUT2D eigenvalue weighted by molar-refractivity contribution is 7.88. The average Bonchev–Trinajstić information content (AvgIpc) is 3.60. The Labute approximate surface area is 214 Å². The number of thiazole rings is 1. The summed E-state index contributed by atoms with van der Waals surface area (Å²) in [4.78, 5) is 37.7. The molecule has 0 bridgehead atoms. The molecule has 192 valence electrons. The number of amidine groups is 1. The van der Waals surface area contributed by atoms with Crippen LogP contribution >= 0.6 is 11.3 Å². The third-order valence-electron chi connectivity index (χ3n) is 7.29. The smallest absolute Gasteiger partial charge is 0.277 e. The van der Waals surface area contributed by atoms with Crippen LogP contribution in [0, 0.1) is 6.92 Å². The second kappa shape index (κ2) is 9.02. The summed E-state index contributed by atoms with van der Waals surface area (Å²) in [5, 5.41) is 13.6. The zero-order valence-electron chi connectivity index (χ0n) is 20.3. The number of aromatic nitrogens is 1. The maximum absolute atomic E-state index is 13.4. The van der Waals surface area contributed by atoms with Crippen LogP contribution in [0.1, 0.15) is 37.4 Å². The van der Waals surface area contributed by atoms with Crippen LogP contribution in [0.15, 0.2) is 34.8 Å². The third kappa shape index (κ3) is 4.25. The molecule has 4 atom stereocenters. The fourth-order valence-electron chi connectivity index (χ4n) is 5.34. The highest BCUT2D eigenvalue weighted by Crippen LogP contribution is 2.34. The molecule has 1 aromatic carbocycles. The lowest BCUT2D eigenvalue weighted by Crippen LogP contribution is -2.54. The van der Waals surface area contributed by atoms with Crippen LogP contribution in [-0.2, 0) is 25.2 Å². The summed E-state index contributed by atoms with van der Waals surface area (Å²) >= 11 is 1.55. The Balaban J connectivity index is 1.37. The number of nitrogens with zero attached hydrogens (tertiary/aromatic N) is 4. The minimum Gasteiger partial charge on any atom is -0.391 e. The van der Waals surface area contributed by atoms with Gasteiger partial charge in [-0.2, -0.15) is 9.30 Å². The second-order valence-electron chi connectivity index (χ2n) is 9.82. The van der Waals surface area contributed by atoms with Crippen molar-refractivity contribution >= 4 is 39.0 Å². The van der Waals surface area contributed by atoms with Crippen LogP contribution in [0.2, 0.25) is 0 Å². The molecule has 12 heteroatoms. The van der Waals surface area contributed by atoms with Crippen LogP contribution in [0.4, 0.5) is 0 Å². The molecule has 0 aliphatic carbocycles. The molecule has 0 radical (unpaired) electrons. The molecule has 0 spiro atoms.